The molecule has 2 aliphatic carbocycles. The molecule has 16 nitrogen and oxygen atoms in total. The Morgan fingerprint density at radius 3 is 1.51 bits per heavy atom. The fourth-order valence-electron chi connectivity index (χ4n) is 7.19. The first-order chi connectivity index (χ1) is 32.8. The monoisotopic (exact) mass is 982 g/mol. The van der Waals surface area contributed by atoms with Crippen LogP contribution >= 0.6 is 15.9 Å². The molecule has 0 unspecified atom stereocenters. The normalized spacial score (nSPS) is 12.8. The Kier molecular flexibility index (Phi) is 14.1. The quantitative estimate of drug-likeness (QED) is 0.120. The minimum atomic E-state index is -1.49. The molecule has 0 saturated heterocycles. The molecule has 2 saturated carbocycles. The van der Waals surface area contributed by atoms with Gasteiger partial charge in [0, 0.05) is 66.4 Å². The van der Waals surface area contributed by atoms with E-state index in [2.05, 4.69) is 46.7 Å². The Labute approximate surface area is 396 Å². The van der Waals surface area contributed by atoms with E-state index in [1.54, 1.807) is 93.1 Å². The summed E-state index contributed by atoms with van der Waals surface area (Å²) in [7, 11) is 1.64. The van der Waals surface area contributed by atoms with Crippen LogP contribution in [0.1, 0.15) is 67.1 Å². The van der Waals surface area contributed by atoms with Crippen molar-refractivity contribution in [3.63, 3.8) is 0 Å². The number of amides is 4. The van der Waals surface area contributed by atoms with Gasteiger partial charge in [0.25, 0.3) is 23.6 Å². The summed E-state index contributed by atoms with van der Waals surface area (Å²) >= 11 is 3.42. The number of anilines is 2. The van der Waals surface area contributed by atoms with Crippen molar-refractivity contribution in [2.45, 2.75) is 37.8 Å². The van der Waals surface area contributed by atoms with Crippen LogP contribution in [0.15, 0.2) is 139 Å². The van der Waals surface area contributed by atoms with E-state index in [4.69, 9.17) is 10.0 Å². The Hall–Kier alpha value is -7.68. The summed E-state index contributed by atoms with van der Waals surface area (Å²) in [6.07, 6.45) is 12.8. The van der Waals surface area contributed by atoms with Crippen molar-refractivity contribution < 1.29 is 38.0 Å². The van der Waals surface area contributed by atoms with Gasteiger partial charge in [-0.25, -0.2) is 27.8 Å². The lowest BCUT2D eigenvalue weighted by atomic mass is 9.80. The topological polar surface area (TPSA) is 200 Å². The van der Waals surface area contributed by atoms with Gasteiger partial charge in [0.05, 0.1) is 40.3 Å². The molecule has 0 aliphatic heterocycles. The number of halogens is 3. The van der Waals surface area contributed by atoms with Crippen LogP contribution in [0.3, 0.4) is 0 Å². The molecule has 2 fully saturated rings. The van der Waals surface area contributed by atoms with Gasteiger partial charge in [-0.1, -0.05) is 24.3 Å². The van der Waals surface area contributed by atoms with Crippen molar-refractivity contribution in [3.8, 4) is 11.1 Å². The molecule has 4 amide bonds. The number of fused-ring (bicyclic) bond motifs is 2. The van der Waals surface area contributed by atoms with E-state index in [0.717, 1.165) is 64.7 Å². The second-order valence-corrected chi connectivity index (χ2v) is 16.6. The third-order valence-electron chi connectivity index (χ3n) is 11.1. The number of carbonyl (C=O) groups is 4. The zero-order chi connectivity index (χ0) is 48.1. The van der Waals surface area contributed by atoms with Gasteiger partial charge >= 0.3 is 7.12 Å². The van der Waals surface area contributed by atoms with Gasteiger partial charge < -0.3 is 20.7 Å². The van der Waals surface area contributed by atoms with E-state index in [0.29, 0.717) is 39.4 Å². The molecule has 8 aromatic rings. The van der Waals surface area contributed by atoms with Gasteiger partial charge in [0.15, 0.2) is 0 Å². The number of hydrogen-bond acceptors (Lipinski definition) is 10. The standard InChI is InChI=1S/C24H20FN5O2.C16H12BrFN4O.C8H10BNO3/c1-26-23(31)16-4-2-15(3-5-16)20-14-28-29-11-10-17(12-21(20)29)24(32)30(19-7-8-19)22-9-6-18(25)13-27-22;17-13-9-20-21-6-5-10(7-14(13)21)16(23)22(12-2-3-12)15-4-1-11(18)8-19-15;1-10-8(11)6-2-4-7(5-3-6)9(12)13/h2-6,9-14,19H,7-8H2,1H3,(H,26,31);1,4-9,12H,2-3H2;2-5,12-13H,1H3,(H,10,11). The highest BCUT2D eigenvalue weighted by atomic mass is 79.9. The molecular formula is C48H42BBrF2N10O6. The van der Waals surface area contributed by atoms with Crippen LogP contribution in [0.5, 0.6) is 0 Å². The van der Waals surface area contributed by atoms with Crippen LogP contribution in [0.2, 0.25) is 0 Å². The Morgan fingerprint density at radius 2 is 1.07 bits per heavy atom. The summed E-state index contributed by atoms with van der Waals surface area (Å²) in [6.45, 7) is 0. The first-order valence-electron chi connectivity index (χ1n) is 21.3. The molecule has 68 heavy (non-hydrogen) atoms. The SMILES string of the molecule is CNC(=O)c1ccc(-c2cnn3ccc(C(=O)N(c4ccc(F)cn4)C4CC4)cc23)cc1.CNC(=O)c1ccc(B(O)O)cc1.O=C(c1ccn2ncc(Br)c2c1)N(c1ccc(F)cn1)C1CC1. The van der Waals surface area contributed by atoms with E-state index < -0.39 is 18.8 Å². The van der Waals surface area contributed by atoms with Gasteiger partial charge in [-0.3, -0.25) is 29.0 Å². The molecule has 0 radical (unpaired) electrons. The molecule has 4 N–H and O–H groups in total. The van der Waals surface area contributed by atoms with Crippen LogP contribution in [0, 0.1) is 11.6 Å². The maximum Gasteiger partial charge on any atom is 0.488 e. The number of aromatic nitrogens is 6. The lowest BCUT2D eigenvalue weighted by Crippen LogP contribution is -2.33. The number of pyridine rings is 4. The van der Waals surface area contributed by atoms with Crippen LogP contribution in [-0.2, 0) is 0 Å². The minimum Gasteiger partial charge on any atom is -0.423 e. The molecule has 0 atom stereocenters. The first-order valence-corrected chi connectivity index (χ1v) is 22.1. The largest absolute Gasteiger partial charge is 0.488 e. The lowest BCUT2D eigenvalue weighted by molar-refractivity contribution is 0.0955. The molecule has 0 bridgehead atoms. The van der Waals surface area contributed by atoms with E-state index in [-0.39, 0.29) is 35.7 Å². The highest BCUT2D eigenvalue weighted by Crippen LogP contribution is 2.34. The zero-order valence-electron chi connectivity index (χ0n) is 36.5. The molecular weight excluding hydrogens is 941 g/mol. The van der Waals surface area contributed by atoms with Crippen LogP contribution < -0.4 is 25.9 Å². The molecule has 344 valence electrons. The zero-order valence-corrected chi connectivity index (χ0v) is 38.1. The Bertz CT molecular complexity index is 3110. The van der Waals surface area contributed by atoms with Gasteiger partial charge in [-0.15, -0.1) is 0 Å². The van der Waals surface area contributed by atoms with Crippen molar-refractivity contribution in [2.24, 2.45) is 0 Å². The second-order valence-electron chi connectivity index (χ2n) is 15.8. The Balaban J connectivity index is 0.000000151. The third kappa shape index (κ3) is 10.6. The molecule has 6 heterocycles. The van der Waals surface area contributed by atoms with Gasteiger partial charge in [0.2, 0.25) is 0 Å². The minimum absolute atomic E-state index is 0.0679. The average Bonchev–Trinajstić information content (AvgIpc) is 4.31. The highest BCUT2D eigenvalue weighted by molar-refractivity contribution is 9.10. The fourth-order valence-corrected chi connectivity index (χ4v) is 7.58. The van der Waals surface area contributed by atoms with E-state index in [9.17, 15) is 28.0 Å². The second kappa shape index (κ2) is 20.5. The number of hydrogen-bond donors (Lipinski definition) is 4. The molecule has 10 rings (SSSR count). The Morgan fingerprint density at radius 1 is 0.618 bits per heavy atom. The third-order valence-corrected chi connectivity index (χ3v) is 11.7. The van der Waals surface area contributed by atoms with Crippen molar-refractivity contribution in [2.75, 3.05) is 23.9 Å². The molecule has 6 aromatic heterocycles. The molecule has 20 heteroatoms. The molecule has 0 spiro atoms. The van der Waals surface area contributed by atoms with E-state index in [1.165, 1.54) is 49.5 Å². The summed E-state index contributed by atoms with van der Waals surface area (Å²) in [4.78, 5) is 60.7. The lowest BCUT2D eigenvalue weighted by Gasteiger charge is -2.21. The van der Waals surface area contributed by atoms with Gasteiger partial charge in [-0.05, 0) is 125 Å². The van der Waals surface area contributed by atoms with Crippen molar-refractivity contribution in [1.29, 1.82) is 0 Å². The van der Waals surface area contributed by atoms with Crippen LogP contribution in [0.25, 0.3) is 22.2 Å². The average molecular weight is 984 g/mol. The summed E-state index contributed by atoms with van der Waals surface area (Å²) < 4.78 is 30.6. The number of nitrogens with zero attached hydrogens (tertiary/aromatic N) is 8. The molecule has 2 aromatic carbocycles. The number of nitrogens with one attached hydrogen (secondary N) is 2. The summed E-state index contributed by atoms with van der Waals surface area (Å²) in [5.41, 5.74) is 5.80. The first kappa shape index (κ1) is 46.8. The van der Waals surface area contributed by atoms with Gasteiger partial charge in [-0.2, -0.15) is 10.2 Å². The number of benzene rings is 2. The van der Waals surface area contributed by atoms with Crippen molar-refractivity contribution in [1.82, 2.24) is 39.8 Å². The summed E-state index contributed by atoms with van der Waals surface area (Å²) in [5, 5.41) is 31.2. The maximum atomic E-state index is 13.4. The predicted octanol–water partition coefficient (Wildman–Crippen LogP) is 5.87. The summed E-state index contributed by atoms with van der Waals surface area (Å²) in [6, 6.07) is 26.2. The number of rotatable bonds is 10. The van der Waals surface area contributed by atoms with E-state index in [1.807, 2.05) is 12.1 Å². The summed E-state index contributed by atoms with van der Waals surface area (Å²) in [5.74, 6) is -0.605. The van der Waals surface area contributed by atoms with Crippen molar-refractivity contribution in [3.05, 3.63) is 173 Å². The number of carbonyl (C=O) groups excluding carboxylic acids is 4. The molecule has 2 aliphatic rings. The highest BCUT2D eigenvalue weighted by Gasteiger charge is 2.36. The fraction of sp³-hybridized carbons (Fsp3) is 0.167. The van der Waals surface area contributed by atoms with Crippen molar-refractivity contribution >= 4 is 74.8 Å². The van der Waals surface area contributed by atoms with Gasteiger partial charge in [0.1, 0.15) is 23.3 Å². The van der Waals surface area contributed by atoms with E-state index >= 15 is 0 Å². The maximum absolute atomic E-state index is 13.4. The van der Waals surface area contributed by atoms with Crippen LogP contribution in [-0.4, -0.2) is 96.2 Å². The predicted molar refractivity (Wildman–Crippen MR) is 255 cm³/mol. The smallest absolute Gasteiger partial charge is 0.423 e. The van der Waals surface area contributed by atoms with Crippen LogP contribution in [0.4, 0.5) is 20.4 Å².